The number of rotatable bonds is 5. The third-order valence-corrected chi connectivity index (χ3v) is 10.4. The van der Waals surface area contributed by atoms with Gasteiger partial charge in [-0.05, 0) is 96.4 Å². The van der Waals surface area contributed by atoms with Gasteiger partial charge in [0.15, 0.2) is 0 Å². The van der Waals surface area contributed by atoms with Crippen molar-refractivity contribution < 1.29 is 0 Å². The minimum atomic E-state index is 1.15. The predicted molar refractivity (Wildman–Crippen MR) is 218 cm³/mol. The quantitative estimate of drug-likeness (QED) is 0.164. The molecule has 10 rings (SSSR count). The summed E-state index contributed by atoms with van der Waals surface area (Å²) in [4.78, 5) is 0. The van der Waals surface area contributed by atoms with Gasteiger partial charge >= 0.3 is 0 Å². The first-order valence-electron chi connectivity index (χ1n) is 17.6. The van der Waals surface area contributed by atoms with E-state index in [1.54, 1.807) is 0 Å². The molecule has 1 heteroatoms. The van der Waals surface area contributed by atoms with Gasteiger partial charge in [0.1, 0.15) is 0 Å². The Morgan fingerprint density at radius 1 is 0.255 bits per heavy atom. The molecular weight excluding hydrogens is 615 g/mol. The molecule has 0 saturated carbocycles. The van der Waals surface area contributed by atoms with Gasteiger partial charge in [0.2, 0.25) is 0 Å². The zero-order chi connectivity index (χ0) is 33.7. The van der Waals surface area contributed by atoms with Crippen molar-refractivity contribution in [3.63, 3.8) is 0 Å². The SMILES string of the molecule is c1ccc(-c2ccccc2-c2ccc3c(c2)c2ccccc2n3-c2ccc(-c3c4ccccc4c(-c4ccccc4)c4ccccc34)cc2)cc1. The maximum absolute atomic E-state index is 2.41. The Labute approximate surface area is 297 Å². The second-order valence-corrected chi connectivity index (χ2v) is 13.3. The predicted octanol–water partition coefficient (Wildman–Crippen LogP) is 13.8. The van der Waals surface area contributed by atoms with Gasteiger partial charge in [-0.25, -0.2) is 0 Å². The molecular formula is C50H33N. The molecule has 0 unspecified atom stereocenters. The van der Waals surface area contributed by atoms with Crippen LogP contribution in [0.25, 0.3) is 93.5 Å². The van der Waals surface area contributed by atoms with Crippen LogP contribution in [-0.4, -0.2) is 4.57 Å². The van der Waals surface area contributed by atoms with E-state index in [0.717, 1.165) is 5.69 Å². The van der Waals surface area contributed by atoms with Crippen molar-refractivity contribution in [3.8, 4) is 50.2 Å². The lowest BCUT2D eigenvalue weighted by Gasteiger charge is -2.18. The number of benzene rings is 9. The smallest absolute Gasteiger partial charge is 0.0541 e. The van der Waals surface area contributed by atoms with Crippen molar-refractivity contribution in [1.82, 2.24) is 4.57 Å². The number of para-hydroxylation sites is 1. The first-order chi connectivity index (χ1) is 25.3. The molecule has 0 aliphatic rings. The lowest BCUT2D eigenvalue weighted by atomic mass is 9.86. The average molecular weight is 648 g/mol. The molecule has 1 aromatic heterocycles. The molecule has 0 aliphatic heterocycles. The van der Waals surface area contributed by atoms with E-state index in [1.165, 1.54) is 87.9 Å². The number of hydrogen-bond acceptors (Lipinski definition) is 0. The topological polar surface area (TPSA) is 4.93 Å². The highest BCUT2D eigenvalue weighted by Gasteiger charge is 2.18. The first-order valence-corrected chi connectivity index (χ1v) is 17.6. The standard InChI is InChI=1S/C50H33N/c1-3-15-34(16-4-1)39-19-7-8-20-40(39)37-29-32-48-46(33-37)41-21-13-14-26-47(41)51(48)38-30-27-36(28-31-38)50-44-24-11-9-22-42(44)49(35-17-5-2-6-18-35)43-23-10-12-25-45(43)50/h1-33H. The minimum absolute atomic E-state index is 1.15. The lowest BCUT2D eigenvalue weighted by molar-refractivity contribution is 1.18. The van der Waals surface area contributed by atoms with Crippen molar-refractivity contribution in [2.75, 3.05) is 0 Å². The van der Waals surface area contributed by atoms with Crippen molar-refractivity contribution in [1.29, 1.82) is 0 Å². The van der Waals surface area contributed by atoms with E-state index >= 15 is 0 Å². The van der Waals surface area contributed by atoms with Crippen LogP contribution in [0.3, 0.4) is 0 Å². The van der Waals surface area contributed by atoms with E-state index in [-0.39, 0.29) is 0 Å². The Balaban J connectivity index is 1.13. The molecule has 0 atom stereocenters. The summed E-state index contributed by atoms with van der Waals surface area (Å²) in [6.45, 7) is 0. The van der Waals surface area contributed by atoms with E-state index in [4.69, 9.17) is 0 Å². The fraction of sp³-hybridized carbons (Fsp3) is 0. The fourth-order valence-corrected chi connectivity index (χ4v) is 8.16. The molecule has 1 nitrogen and oxygen atoms in total. The molecule has 1 heterocycles. The monoisotopic (exact) mass is 647 g/mol. The maximum atomic E-state index is 2.41. The molecule has 0 N–H and O–H groups in total. The van der Waals surface area contributed by atoms with Crippen LogP contribution in [0, 0.1) is 0 Å². The Kier molecular flexibility index (Phi) is 6.89. The molecule has 0 bridgehead atoms. The Bertz CT molecular complexity index is 2820. The first kappa shape index (κ1) is 29.2. The third-order valence-electron chi connectivity index (χ3n) is 10.4. The van der Waals surface area contributed by atoms with Gasteiger partial charge < -0.3 is 4.57 Å². The second kappa shape index (κ2) is 12.0. The van der Waals surface area contributed by atoms with Gasteiger partial charge in [-0.3, -0.25) is 0 Å². The van der Waals surface area contributed by atoms with Crippen LogP contribution in [0.4, 0.5) is 0 Å². The molecule has 0 radical (unpaired) electrons. The molecule has 0 amide bonds. The Hall–Kier alpha value is -6.70. The molecule has 0 fully saturated rings. The highest BCUT2D eigenvalue weighted by molar-refractivity contribution is 6.21. The van der Waals surface area contributed by atoms with Crippen LogP contribution < -0.4 is 0 Å². The fourth-order valence-electron chi connectivity index (χ4n) is 8.16. The van der Waals surface area contributed by atoms with Crippen molar-refractivity contribution in [2.24, 2.45) is 0 Å². The molecule has 0 aliphatic carbocycles. The largest absolute Gasteiger partial charge is 0.309 e. The van der Waals surface area contributed by atoms with Gasteiger partial charge in [-0.1, -0.05) is 170 Å². The molecule has 0 spiro atoms. The zero-order valence-electron chi connectivity index (χ0n) is 28.0. The molecule has 10 aromatic rings. The third kappa shape index (κ3) is 4.78. The van der Waals surface area contributed by atoms with Crippen LogP contribution in [0.1, 0.15) is 0 Å². The summed E-state index contributed by atoms with van der Waals surface area (Å²) in [5.41, 5.74) is 13.5. The highest BCUT2D eigenvalue weighted by atomic mass is 15.0. The molecule has 51 heavy (non-hydrogen) atoms. The van der Waals surface area contributed by atoms with Crippen LogP contribution in [0.15, 0.2) is 200 Å². The summed E-state index contributed by atoms with van der Waals surface area (Å²) in [6, 6.07) is 72.8. The average Bonchev–Trinajstić information content (AvgIpc) is 3.54. The van der Waals surface area contributed by atoms with Gasteiger partial charge in [0.25, 0.3) is 0 Å². The van der Waals surface area contributed by atoms with Gasteiger partial charge in [-0.2, -0.15) is 0 Å². The van der Waals surface area contributed by atoms with E-state index in [2.05, 4.69) is 205 Å². The summed E-state index contributed by atoms with van der Waals surface area (Å²) >= 11 is 0. The summed E-state index contributed by atoms with van der Waals surface area (Å²) in [5.74, 6) is 0. The minimum Gasteiger partial charge on any atom is -0.309 e. The number of nitrogens with zero attached hydrogens (tertiary/aromatic N) is 1. The van der Waals surface area contributed by atoms with Crippen molar-refractivity contribution >= 4 is 43.4 Å². The van der Waals surface area contributed by atoms with Crippen molar-refractivity contribution in [3.05, 3.63) is 200 Å². The van der Waals surface area contributed by atoms with E-state index in [9.17, 15) is 0 Å². The van der Waals surface area contributed by atoms with Gasteiger partial charge in [0.05, 0.1) is 11.0 Å². The van der Waals surface area contributed by atoms with Crippen molar-refractivity contribution in [2.45, 2.75) is 0 Å². The lowest BCUT2D eigenvalue weighted by Crippen LogP contribution is -1.95. The molecule has 0 saturated heterocycles. The number of fused-ring (bicyclic) bond motifs is 5. The number of aromatic nitrogens is 1. The Morgan fingerprint density at radius 3 is 1.25 bits per heavy atom. The summed E-state index contributed by atoms with van der Waals surface area (Å²) in [7, 11) is 0. The number of hydrogen-bond donors (Lipinski definition) is 0. The van der Waals surface area contributed by atoms with Crippen LogP contribution >= 0.6 is 0 Å². The summed E-state index contributed by atoms with van der Waals surface area (Å²) in [5, 5.41) is 7.58. The van der Waals surface area contributed by atoms with Crippen LogP contribution in [-0.2, 0) is 0 Å². The van der Waals surface area contributed by atoms with E-state index in [1.807, 2.05) is 0 Å². The summed E-state index contributed by atoms with van der Waals surface area (Å²) in [6.07, 6.45) is 0. The van der Waals surface area contributed by atoms with Crippen LogP contribution in [0.2, 0.25) is 0 Å². The molecule has 238 valence electrons. The van der Waals surface area contributed by atoms with E-state index < -0.39 is 0 Å². The summed E-state index contributed by atoms with van der Waals surface area (Å²) < 4.78 is 2.41. The Morgan fingerprint density at radius 2 is 0.667 bits per heavy atom. The van der Waals surface area contributed by atoms with Crippen LogP contribution in [0.5, 0.6) is 0 Å². The zero-order valence-corrected chi connectivity index (χ0v) is 28.0. The molecule has 9 aromatic carbocycles. The second-order valence-electron chi connectivity index (χ2n) is 13.3. The maximum Gasteiger partial charge on any atom is 0.0541 e. The normalized spacial score (nSPS) is 11.5. The van der Waals surface area contributed by atoms with E-state index in [0.29, 0.717) is 0 Å². The van der Waals surface area contributed by atoms with Gasteiger partial charge in [-0.15, -0.1) is 0 Å². The van der Waals surface area contributed by atoms with Gasteiger partial charge in [0, 0.05) is 16.5 Å². The highest BCUT2D eigenvalue weighted by Crippen LogP contribution is 2.44.